The van der Waals surface area contributed by atoms with Crippen LogP contribution in [0.3, 0.4) is 0 Å². The molecule has 0 saturated heterocycles. The lowest BCUT2D eigenvalue weighted by molar-refractivity contribution is -0.131. The zero-order valence-electron chi connectivity index (χ0n) is 12.7. The average molecular weight is 294 g/mol. The van der Waals surface area contributed by atoms with Crippen LogP contribution in [-0.4, -0.2) is 37.0 Å². The van der Waals surface area contributed by atoms with Crippen LogP contribution < -0.4 is 10.1 Å². The molecule has 1 aromatic rings. The van der Waals surface area contributed by atoms with Gasteiger partial charge < -0.3 is 15.0 Å². The Hall–Kier alpha value is -1.62. The highest BCUT2D eigenvalue weighted by atomic mass is 19.1. The molecule has 1 amide bonds. The van der Waals surface area contributed by atoms with E-state index in [0.29, 0.717) is 25.6 Å². The van der Waals surface area contributed by atoms with Crippen LogP contribution in [0.25, 0.3) is 0 Å². The molecule has 1 N–H and O–H groups in total. The van der Waals surface area contributed by atoms with Crippen molar-refractivity contribution in [2.75, 3.05) is 20.2 Å². The van der Waals surface area contributed by atoms with Gasteiger partial charge in [-0.25, -0.2) is 4.39 Å². The highest BCUT2D eigenvalue weighted by molar-refractivity contribution is 5.76. The first-order valence-corrected chi connectivity index (χ1v) is 7.47. The molecule has 1 aliphatic rings. The van der Waals surface area contributed by atoms with Crippen molar-refractivity contribution in [2.45, 2.75) is 38.8 Å². The number of carbonyl (C=O) groups is 1. The summed E-state index contributed by atoms with van der Waals surface area (Å²) < 4.78 is 18.6. The molecule has 1 aromatic carbocycles. The number of rotatable bonds is 8. The molecule has 0 unspecified atom stereocenters. The van der Waals surface area contributed by atoms with Gasteiger partial charge in [-0.1, -0.05) is 6.07 Å². The lowest BCUT2D eigenvalue weighted by Crippen LogP contribution is -2.33. The van der Waals surface area contributed by atoms with E-state index in [0.717, 1.165) is 12.1 Å². The van der Waals surface area contributed by atoms with Gasteiger partial charge in [0, 0.05) is 32.1 Å². The van der Waals surface area contributed by atoms with Crippen molar-refractivity contribution in [3.63, 3.8) is 0 Å². The van der Waals surface area contributed by atoms with Crippen molar-refractivity contribution in [3.8, 4) is 5.75 Å². The summed E-state index contributed by atoms with van der Waals surface area (Å²) in [4.78, 5) is 13.9. The van der Waals surface area contributed by atoms with E-state index in [-0.39, 0.29) is 11.7 Å². The lowest BCUT2D eigenvalue weighted by Gasteiger charge is -2.21. The Kier molecular flexibility index (Phi) is 5.56. The fraction of sp³-hybridized carbons (Fsp3) is 0.562. The van der Waals surface area contributed by atoms with Crippen LogP contribution in [-0.2, 0) is 11.3 Å². The molecule has 21 heavy (non-hydrogen) atoms. The second-order valence-corrected chi connectivity index (χ2v) is 5.36. The number of amides is 1. The van der Waals surface area contributed by atoms with Gasteiger partial charge in [-0.2, -0.15) is 0 Å². The van der Waals surface area contributed by atoms with Crippen molar-refractivity contribution in [2.24, 2.45) is 0 Å². The summed E-state index contributed by atoms with van der Waals surface area (Å²) >= 11 is 0. The molecule has 1 saturated carbocycles. The Morgan fingerprint density at radius 3 is 2.81 bits per heavy atom. The SMILES string of the molecule is CCN(Cc1ccc(OC)c(F)c1)C(=O)CCNC1CC1. The highest BCUT2D eigenvalue weighted by Crippen LogP contribution is 2.19. The van der Waals surface area contributed by atoms with E-state index in [2.05, 4.69) is 5.32 Å². The maximum Gasteiger partial charge on any atom is 0.224 e. The summed E-state index contributed by atoms with van der Waals surface area (Å²) in [5.41, 5.74) is 0.777. The van der Waals surface area contributed by atoms with E-state index in [1.165, 1.54) is 26.0 Å². The van der Waals surface area contributed by atoms with Crippen molar-refractivity contribution >= 4 is 5.91 Å². The number of methoxy groups -OCH3 is 1. The number of nitrogens with zero attached hydrogens (tertiary/aromatic N) is 1. The molecule has 116 valence electrons. The molecule has 0 atom stereocenters. The monoisotopic (exact) mass is 294 g/mol. The Labute approximate surface area is 125 Å². The summed E-state index contributed by atoms with van der Waals surface area (Å²) in [5, 5.41) is 3.33. The Balaban J connectivity index is 1.87. The minimum atomic E-state index is -0.395. The topological polar surface area (TPSA) is 41.6 Å². The van der Waals surface area contributed by atoms with Crippen molar-refractivity contribution in [3.05, 3.63) is 29.6 Å². The van der Waals surface area contributed by atoms with Crippen molar-refractivity contribution in [1.29, 1.82) is 0 Å². The largest absolute Gasteiger partial charge is 0.494 e. The number of hydrogen-bond acceptors (Lipinski definition) is 3. The predicted octanol–water partition coefficient (Wildman–Crippen LogP) is 2.32. The molecule has 1 fully saturated rings. The minimum absolute atomic E-state index is 0.0990. The predicted molar refractivity (Wildman–Crippen MR) is 79.7 cm³/mol. The van der Waals surface area contributed by atoms with Gasteiger partial charge in [0.05, 0.1) is 7.11 Å². The number of ether oxygens (including phenoxy) is 1. The fourth-order valence-electron chi connectivity index (χ4n) is 2.23. The maximum absolute atomic E-state index is 13.7. The molecule has 0 aromatic heterocycles. The Morgan fingerprint density at radius 1 is 1.48 bits per heavy atom. The third-order valence-corrected chi connectivity index (χ3v) is 3.67. The molecule has 0 aliphatic heterocycles. The van der Waals surface area contributed by atoms with Gasteiger partial charge in [0.15, 0.2) is 11.6 Å². The lowest BCUT2D eigenvalue weighted by atomic mass is 10.2. The van der Waals surface area contributed by atoms with Crippen molar-refractivity contribution < 1.29 is 13.9 Å². The van der Waals surface area contributed by atoms with Crippen LogP contribution >= 0.6 is 0 Å². The summed E-state index contributed by atoms with van der Waals surface area (Å²) in [7, 11) is 1.44. The zero-order chi connectivity index (χ0) is 15.2. The first kappa shape index (κ1) is 15.8. The van der Waals surface area contributed by atoms with E-state index in [4.69, 9.17) is 4.74 Å². The summed E-state index contributed by atoms with van der Waals surface area (Å²) in [5.74, 6) is -0.0717. The normalized spacial score (nSPS) is 14.0. The quantitative estimate of drug-likeness (QED) is 0.800. The second-order valence-electron chi connectivity index (χ2n) is 5.36. The molecule has 1 aliphatic carbocycles. The number of carbonyl (C=O) groups excluding carboxylic acids is 1. The van der Waals surface area contributed by atoms with Crippen LogP contribution in [0.5, 0.6) is 5.75 Å². The fourth-order valence-corrected chi connectivity index (χ4v) is 2.23. The summed E-state index contributed by atoms with van der Waals surface area (Å²) in [6, 6.07) is 5.43. The Bertz CT molecular complexity index is 489. The smallest absolute Gasteiger partial charge is 0.224 e. The minimum Gasteiger partial charge on any atom is -0.494 e. The summed E-state index contributed by atoms with van der Waals surface area (Å²) in [6.07, 6.45) is 2.93. The Morgan fingerprint density at radius 2 is 2.24 bits per heavy atom. The van der Waals surface area contributed by atoms with E-state index in [1.54, 1.807) is 17.0 Å². The standard InChI is InChI=1S/C16H23FN2O2/c1-3-19(16(20)8-9-18-13-5-6-13)11-12-4-7-15(21-2)14(17)10-12/h4,7,10,13,18H,3,5-6,8-9,11H2,1-2H3. The van der Waals surface area contributed by atoms with Crippen LogP contribution in [0.1, 0.15) is 31.7 Å². The molecule has 0 heterocycles. The third kappa shape index (κ3) is 4.70. The molecule has 4 nitrogen and oxygen atoms in total. The van der Waals surface area contributed by atoms with Crippen LogP contribution in [0.2, 0.25) is 0 Å². The van der Waals surface area contributed by atoms with E-state index >= 15 is 0 Å². The van der Waals surface area contributed by atoms with Gasteiger partial charge in [0.2, 0.25) is 5.91 Å². The van der Waals surface area contributed by atoms with E-state index in [9.17, 15) is 9.18 Å². The molecular weight excluding hydrogens is 271 g/mol. The molecule has 5 heteroatoms. The van der Waals surface area contributed by atoms with E-state index in [1.807, 2.05) is 6.92 Å². The maximum atomic E-state index is 13.7. The second kappa shape index (κ2) is 7.41. The average Bonchev–Trinajstić information content (AvgIpc) is 3.29. The third-order valence-electron chi connectivity index (χ3n) is 3.67. The van der Waals surface area contributed by atoms with Crippen LogP contribution in [0, 0.1) is 5.82 Å². The van der Waals surface area contributed by atoms with Crippen molar-refractivity contribution in [1.82, 2.24) is 10.2 Å². The van der Waals surface area contributed by atoms with Gasteiger partial charge in [0.1, 0.15) is 0 Å². The number of hydrogen-bond donors (Lipinski definition) is 1. The van der Waals surface area contributed by atoms with Crippen LogP contribution in [0.15, 0.2) is 18.2 Å². The zero-order valence-corrected chi connectivity index (χ0v) is 12.7. The number of nitrogens with one attached hydrogen (secondary N) is 1. The van der Waals surface area contributed by atoms with Gasteiger partial charge in [-0.15, -0.1) is 0 Å². The first-order valence-electron chi connectivity index (χ1n) is 7.47. The van der Waals surface area contributed by atoms with E-state index < -0.39 is 5.82 Å². The first-order chi connectivity index (χ1) is 10.1. The van der Waals surface area contributed by atoms with Gasteiger partial charge in [-0.05, 0) is 37.5 Å². The molecule has 2 rings (SSSR count). The number of halogens is 1. The van der Waals surface area contributed by atoms with Crippen LogP contribution in [0.4, 0.5) is 4.39 Å². The molecule has 0 radical (unpaired) electrons. The van der Waals surface area contributed by atoms with Gasteiger partial charge >= 0.3 is 0 Å². The number of benzene rings is 1. The van der Waals surface area contributed by atoms with Gasteiger partial charge in [-0.3, -0.25) is 4.79 Å². The molecule has 0 spiro atoms. The van der Waals surface area contributed by atoms with Gasteiger partial charge in [0.25, 0.3) is 0 Å². The highest BCUT2D eigenvalue weighted by Gasteiger charge is 2.21. The summed E-state index contributed by atoms with van der Waals surface area (Å²) in [6.45, 7) is 3.71. The molecule has 0 bridgehead atoms. The molecular formula is C16H23FN2O2.